The van der Waals surface area contributed by atoms with Gasteiger partial charge in [0.05, 0.1) is 21.7 Å². The van der Waals surface area contributed by atoms with E-state index in [0.717, 1.165) is 30.5 Å². The van der Waals surface area contributed by atoms with Crippen molar-refractivity contribution in [1.82, 2.24) is 19.2 Å². The normalized spacial score (nSPS) is 11.9. The number of nitrogens with one attached hydrogen (secondary N) is 1. The van der Waals surface area contributed by atoms with Crippen LogP contribution in [0.1, 0.15) is 25.3 Å². The maximum absolute atomic E-state index is 13.0. The fourth-order valence-corrected chi connectivity index (χ4v) is 5.07. The number of aromatic nitrogens is 2. The molecule has 0 aliphatic heterocycles. The first kappa shape index (κ1) is 25.2. The summed E-state index contributed by atoms with van der Waals surface area (Å²) < 4.78 is 41.2. The number of carbonyl (C=O) groups excluding carboxylic acids is 1. The second-order valence-corrected chi connectivity index (χ2v) is 10.9. The Kier molecular flexibility index (Phi) is 8.50. The molecule has 0 aliphatic carbocycles. The molecular weight excluding hydrogens is 463 g/mol. The Bertz CT molecular complexity index is 1210. The lowest BCUT2D eigenvalue weighted by Gasteiger charge is -2.11. The number of sulfonamides is 1. The van der Waals surface area contributed by atoms with Crippen molar-refractivity contribution in [2.24, 2.45) is 0 Å². The number of thioether (sulfide) groups is 1. The van der Waals surface area contributed by atoms with Crippen molar-refractivity contribution >= 4 is 38.7 Å². The summed E-state index contributed by atoms with van der Waals surface area (Å²) in [6, 6.07) is 11.2. The van der Waals surface area contributed by atoms with E-state index < -0.39 is 10.0 Å². The Morgan fingerprint density at radius 2 is 1.91 bits per heavy atom. The molecule has 0 bridgehead atoms. The van der Waals surface area contributed by atoms with Gasteiger partial charge in [-0.25, -0.2) is 22.1 Å². The number of benzene rings is 2. The summed E-state index contributed by atoms with van der Waals surface area (Å²) in [6.45, 7) is 3.30. The molecule has 0 saturated heterocycles. The molecular formula is C23H29FN4O3S2. The highest BCUT2D eigenvalue weighted by molar-refractivity contribution is 7.99. The number of hydrogen-bond donors (Lipinski definition) is 1. The highest BCUT2D eigenvalue weighted by atomic mass is 32.2. The van der Waals surface area contributed by atoms with Crippen LogP contribution in [0.3, 0.4) is 0 Å². The van der Waals surface area contributed by atoms with Gasteiger partial charge in [0.15, 0.2) is 5.16 Å². The zero-order valence-electron chi connectivity index (χ0n) is 19.0. The minimum absolute atomic E-state index is 0.118. The lowest BCUT2D eigenvalue weighted by Crippen LogP contribution is -2.27. The second-order valence-electron chi connectivity index (χ2n) is 7.85. The van der Waals surface area contributed by atoms with Gasteiger partial charge >= 0.3 is 0 Å². The minimum atomic E-state index is -3.56. The molecule has 1 heterocycles. The van der Waals surface area contributed by atoms with Crippen molar-refractivity contribution in [3.8, 4) is 0 Å². The van der Waals surface area contributed by atoms with Gasteiger partial charge in [0.2, 0.25) is 15.9 Å². The molecule has 3 aromatic rings. The van der Waals surface area contributed by atoms with Crippen LogP contribution in [0.4, 0.5) is 4.39 Å². The number of aryl methyl sites for hydroxylation is 1. The average molecular weight is 493 g/mol. The molecule has 3 rings (SSSR count). The third-order valence-electron chi connectivity index (χ3n) is 5.18. The lowest BCUT2D eigenvalue weighted by atomic mass is 10.1. The van der Waals surface area contributed by atoms with Gasteiger partial charge in [-0.3, -0.25) is 4.79 Å². The van der Waals surface area contributed by atoms with Crippen LogP contribution in [-0.4, -0.2) is 54.6 Å². The molecule has 0 saturated carbocycles. The van der Waals surface area contributed by atoms with Crippen LogP contribution in [0.25, 0.3) is 11.0 Å². The van der Waals surface area contributed by atoms with E-state index in [1.54, 1.807) is 30.3 Å². The predicted octanol–water partition coefficient (Wildman–Crippen LogP) is 3.68. The first-order valence-corrected chi connectivity index (χ1v) is 13.2. The van der Waals surface area contributed by atoms with Crippen molar-refractivity contribution < 1.29 is 17.6 Å². The number of amides is 1. The third kappa shape index (κ3) is 6.33. The standard InChI is InChI=1S/C23H29FN4O3S2/c1-4-5-14-28-21-11-10-19(33(30,31)27(2)3)15-20(21)26-23(28)32-16-22(29)25-13-12-17-6-8-18(24)9-7-17/h6-11,15H,4-5,12-14,16H2,1-3H3,(H,25,29). The predicted molar refractivity (Wildman–Crippen MR) is 129 cm³/mol. The summed E-state index contributed by atoms with van der Waals surface area (Å²) in [5.74, 6) is -0.203. The van der Waals surface area contributed by atoms with Gasteiger partial charge in [0.1, 0.15) is 5.82 Å². The quantitative estimate of drug-likeness (QED) is 0.413. The summed E-state index contributed by atoms with van der Waals surface area (Å²) in [7, 11) is -0.567. The molecule has 10 heteroatoms. The Morgan fingerprint density at radius 3 is 2.58 bits per heavy atom. The summed E-state index contributed by atoms with van der Waals surface area (Å²) >= 11 is 1.33. The van der Waals surface area contributed by atoms with Crippen LogP contribution in [0.2, 0.25) is 0 Å². The lowest BCUT2D eigenvalue weighted by molar-refractivity contribution is -0.118. The largest absolute Gasteiger partial charge is 0.355 e. The van der Waals surface area contributed by atoms with Gasteiger partial charge in [0.25, 0.3) is 0 Å². The maximum Gasteiger partial charge on any atom is 0.242 e. The molecule has 0 spiro atoms. The number of rotatable bonds is 11. The first-order valence-electron chi connectivity index (χ1n) is 10.8. The van der Waals surface area contributed by atoms with Crippen molar-refractivity contribution in [3.63, 3.8) is 0 Å². The zero-order chi connectivity index (χ0) is 24.0. The monoisotopic (exact) mass is 492 g/mol. The van der Waals surface area contributed by atoms with E-state index in [2.05, 4.69) is 17.2 Å². The van der Waals surface area contributed by atoms with Crippen molar-refractivity contribution in [1.29, 1.82) is 0 Å². The van der Waals surface area contributed by atoms with Gasteiger partial charge in [-0.05, 0) is 48.7 Å². The van der Waals surface area contributed by atoms with E-state index in [0.29, 0.717) is 23.6 Å². The highest BCUT2D eigenvalue weighted by Gasteiger charge is 2.20. The molecule has 1 N–H and O–H groups in total. The summed E-state index contributed by atoms with van der Waals surface area (Å²) in [6.07, 6.45) is 2.57. The number of unbranched alkanes of at least 4 members (excludes halogenated alkanes) is 1. The van der Waals surface area contributed by atoms with Crippen LogP contribution in [0.5, 0.6) is 0 Å². The molecule has 1 amide bonds. The van der Waals surface area contributed by atoms with Crippen LogP contribution in [-0.2, 0) is 27.8 Å². The Hall–Kier alpha value is -2.43. The van der Waals surface area contributed by atoms with E-state index in [1.807, 2.05) is 4.57 Å². The van der Waals surface area contributed by atoms with Crippen molar-refractivity contribution in [2.75, 3.05) is 26.4 Å². The molecule has 0 unspecified atom stereocenters. The van der Waals surface area contributed by atoms with Crippen LogP contribution >= 0.6 is 11.8 Å². The van der Waals surface area contributed by atoms with E-state index >= 15 is 0 Å². The Labute approximate surface area is 198 Å². The topological polar surface area (TPSA) is 84.3 Å². The molecule has 1 aromatic heterocycles. The molecule has 2 aromatic carbocycles. The Morgan fingerprint density at radius 1 is 1.18 bits per heavy atom. The maximum atomic E-state index is 13.0. The molecule has 7 nitrogen and oxygen atoms in total. The molecule has 0 radical (unpaired) electrons. The minimum Gasteiger partial charge on any atom is -0.355 e. The van der Waals surface area contributed by atoms with Gasteiger partial charge in [-0.2, -0.15) is 0 Å². The van der Waals surface area contributed by atoms with Crippen LogP contribution in [0, 0.1) is 5.82 Å². The van der Waals surface area contributed by atoms with Crippen molar-refractivity contribution in [3.05, 3.63) is 53.8 Å². The van der Waals surface area contributed by atoms with E-state index in [-0.39, 0.29) is 22.4 Å². The number of carbonyl (C=O) groups is 1. The molecule has 0 fully saturated rings. The highest BCUT2D eigenvalue weighted by Crippen LogP contribution is 2.27. The summed E-state index contributed by atoms with van der Waals surface area (Å²) in [5.41, 5.74) is 2.39. The molecule has 0 aliphatic rings. The van der Waals surface area contributed by atoms with Gasteiger partial charge in [0, 0.05) is 27.2 Å². The van der Waals surface area contributed by atoms with E-state index in [1.165, 1.54) is 42.3 Å². The smallest absolute Gasteiger partial charge is 0.242 e. The summed E-state index contributed by atoms with van der Waals surface area (Å²) in [5, 5.41) is 3.57. The van der Waals surface area contributed by atoms with Crippen molar-refractivity contribution in [2.45, 2.75) is 42.8 Å². The second kappa shape index (κ2) is 11.1. The van der Waals surface area contributed by atoms with Gasteiger partial charge < -0.3 is 9.88 Å². The zero-order valence-corrected chi connectivity index (χ0v) is 20.7. The Balaban J connectivity index is 1.69. The molecule has 33 heavy (non-hydrogen) atoms. The average Bonchev–Trinajstić information content (AvgIpc) is 3.14. The number of halogens is 1. The first-order chi connectivity index (χ1) is 15.7. The molecule has 0 atom stereocenters. The number of nitrogens with zero attached hydrogens (tertiary/aromatic N) is 3. The van der Waals surface area contributed by atoms with Crippen LogP contribution < -0.4 is 5.32 Å². The number of imidazole rings is 1. The molecule has 178 valence electrons. The summed E-state index contributed by atoms with van der Waals surface area (Å²) in [4.78, 5) is 17.2. The fourth-order valence-electron chi connectivity index (χ4n) is 3.28. The van der Waals surface area contributed by atoms with Gasteiger partial charge in [-0.15, -0.1) is 0 Å². The van der Waals surface area contributed by atoms with Gasteiger partial charge in [-0.1, -0.05) is 37.2 Å². The van der Waals surface area contributed by atoms with E-state index in [4.69, 9.17) is 0 Å². The SMILES string of the molecule is CCCCn1c(SCC(=O)NCCc2ccc(F)cc2)nc2cc(S(=O)(=O)N(C)C)ccc21. The van der Waals surface area contributed by atoms with Crippen LogP contribution in [0.15, 0.2) is 52.5 Å². The third-order valence-corrected chi connectivity index (χ3v) is 7.97. The van der Waals surface area contributed by atoms with E-state index in [9.17, 15) is 17.6 Å². The number of fused-ring (bicyclic) bond motifs is 1. The fraction of sp³-hybridized carbons (Fsp3) is 0.391. The number of hydrogen-bond acceptors (Lipinski definition) is 5.